The van der Waals surface area contributed by atoms with E-state index in [1.165, 1.54) is 0 Å². The van der Waals surface area contributed by atoms with Gasteiger partial charge in [0, 0.05) is 36.9 Å². The molecule has 2 aromatic rings. The molecule has 1 saturated heterocycles. The predicted molar refractivity (Wildman–Crippen MR) is 102 cm³/mol. The summed E-state index contributed by atoms with van der Waals surface area (Å²) in [5.41, 5.74) is 2.14. The van der Waals surface area contributed by atoms with Gasteiger partial charge in [-0.15, -0.1) is 0 Å². The minimum absolute atomic E-state index is 0.0361. The van der Waals surface area contributed by atoms with Crippen LogP contribution in [0.2, 0.25) is 5.02 Å². The van der Waals surface area contributed by atoms with Crippen LogP contribution in [0.25, 0.3) is 0 Å². The molecule has 0 N–H and O–H groups in total. The second-order valence-electron chi connectivity index (χ2n) is 6.32. The first-order chi connectivity index (χ1) is 12.0. The standard InChI is InChI=1S/C20H23ClN2O2/c1-15-6-3-4-9-19(15)25-16(2)20(24)23-12-10-22(11-13-23)18-8-5-7-17(21)14-18/h3-9,14,16H,10-13H2,1-2H3. The van der Waals surface area contributed by atoms with Crippen molar-refractivity contribution in [2.24, 2.45) is 0 Å². The number of rotatable bonds is 4. The fourth-order valence-corrected chi connectivity index (χ4v) is 3.23. The van der Waals surface area contributed by atoms with Crippen molar-refractivity contribution in [3.05, 3.63) is 59.1 Å². The van der Waals surface area contributed by atoms with Gasteiger partial charge in [0.2, 0.25) is 0 Å². The molecule has 1 amide bonds. The topological polar surface area (TPSA) is 32.8 Å². The number of anilines is 1. The Morgan fingerprint density at radius 2 is 1.80 bits per heavy atom. The van der Waals surface area contributed by atoms with Crippen LogP contribution in [0.3, 0.4) is 0 Å². The van der Waals surface area contributed by atoms with Crippen LogP contribution in [0.1, 0.15) is 12.5 Å². The van der Waals surface area contributed by atoms with E-state index in [4.69, 9.17) is 16.3 Å². The predicted octanol–water partition coefficient (Wildman–Crippen LogP) is 3.76. The number of carbonyl (C=O) groups excluding carboxylic acids is 1. The van der Waals surface area contributed by atoms with Gasteiger partial charge in [0.15, 0.2) is 6.10 Å². The third-order valence-corrected chi connectivity index (χ3v) is 4.74. The summed E-state index contributed by atoms with van der Waals surface area (Å²) in [7, 11) is 0. The molecule has 2 aromatic carbocycles. The molecule has 0 aliphatic carbocycles. The Bertz CT molecular complexity index is 742. The Morgan fingerprint density at radius 3 is 2.48 bits per heavy atom. The first kappa shape index (κ1) is 17.6. The smallest absolute Gasteiger partial charge is 0.263 e. The van der Waals surface area contributed by atoms with E-state index >= 15 is 0 Å². The lowest BCUT2D eigenvalue weighted by atomic mass is 10.2. The van der Waals surface area contributed by atoms with Gasteiger partial charge in [0.1, 0.15) is 5.75 Å². The van der Waals surface area contributed by atoms with Crippen LogP contribution < -0.4 is 9.64 Å². The van der Waals surface area contributed by atoms with E-state index in [1.54, 1.807) is 0 Å². The molecular weight excluding hydrogens is 336 g/mol. The minimum Gasteiger partial charge on any atom is -0.481 e. The molecule has 0 aromatic heterocycles. The highest BCUT2D eigenvalue weighted by Gasteiger charge is 2.26. The van der Waals surface area contributed by atoms with Crippen molar-refractivity contribution in [2.75, 3.05) is 31.1 Å². The number of aryl methyl sites for hydroxylation is 1. The van der Waals surface area contributed by atoms with E-state index in [9.17, 15) is 4.79 Å². The summed E-state index contributed by atoms with van der Waals surface area (Å²) in [6.07, 6.45) is -0.487. The monoisotopic (exact) mass is 358 g/mol. The van der Waals surface area contributed by atoms with Crippen molar-refractivity contribution in [2.45, 2.75) is 20.0 Å². The summed E-state index contributed by atoms with van der Waals surface area (Å²) in [5.74, 6) is 0.801. The van der Waals surface area contributed by atoms with Crippen LogP contribution in [0, 0.1) is 6.92 Å². The third kappa shape index (κ3) is 4.26. The van der Waals surface area contributed by atoms with Crippen LogP contribution in [0.15, 0.2) is 48.5 Å². The van der Waals surface area contributed by atoms with Crippen molar-refractivity contribution in [1.82, 2.24) is 4.90 Å². The lowest BCUT2D eigenvalue weighted by Gasteiger charge is -2.37. The summed E-state index contributed by atoms with van der Waals surface area (Å²) in [5, 5.41) is 0.733. The number of hydrogen-bond acceptors (Lipinski definition) is 3. The zero-order valence-corrected chi connectivity index (χ0v) is 15.4. The van der Waals surface area contributed by atoms with Crippen LogP contribution >= 0.6 is 11.6 Å². The van der Waals surface area contributed by atoms with Gasteiger partial charge in [0.25, 0.3) is 5.91 Å². The summed E-state index contributed by atoms with van der Waals surface area (Å²) in [6, 6.07) is 15.6. The maximum atomic E-state index is 12.7. The first-order valence-corrected chi connectivity index (χ1v) is 8.94. The first-order valence-electron chi connectivity index (χ1n) is 8.56. The van der Waals surface area contributed by atoms with E-state index < -0.39 is 6.10 Å². The molecule has 0 radical (unpaired) electrons. The van der Waals surface area contributed by atoms with E-state index in [1.807, 2.05) is 67.3 Å². The molecule has 1 aliphatic heterocycles. The van der Waals surface area contributed by atoms with Gasteiger partial charge in [0.05, 0.1) is 0 Å². The number of carbonyl (C=O) groups is 1. The van der Waals surface area contributed by atoms with Crippen molar-refractivity contribution in [3.8, 4) is 5.75 Å². The molecule has 1 atom stereocenters. The molecule has 0 saturated carbocycles. The number of nitrogens with zero attached hydrogens (tertiary/aromatic N) is 2. The van der Waals surface area contributed by atoms with E-state index in [2.05, 4.69) is 4.90 Å². The van der Waals surface area contributed by atoms with Crippen LogP contribution in [-0.2, 0) is 4.79 Å². The Hall–Kier alpha value is -2.20. The molecule has 1 heterocycles. The van der Waals surface area contributed by atoms with Gasteiger partial charge >= 0.3 is 0 Å². The SMILES string of the molecule is Cc1ccccc1OC(C)C(=O)N1CCN(c2cccc(Cl)c2)CC1. The molecule has 1 fully saturated rings. The Morgan fingerprint density at radius 1 is 1.08 bits per heavy atom. The maximum Gasteiger partial charge on any atom is 0.263 e. The number of para-hydroxylation sites is 1. The van der Waals surface area contributed by atoms with Crippen LogP contribution in [0.4, 0.5) is 5.69 Å². The Balaban J connectivity index is 1.57. The number of benzene rings is 2. The lowest BCUT2D eigenvalue weighted by molar-refractivity contribution is -0.138. The van der Waals surface area contributed by atoms with Crippen molar-refractivity contribution in [3.63, 3.8) is 0 Å². The van der Waals surface area contributed by atoms with Crippen molar-refractivity contribution >= 4 is 23.2 Å². The molecule has 1 aliphatic rings. The molecule has 1 unspecified atom stereocenters. The van der Waals surface area contributed by atoms with Gasteiger partial charge in [-0.05, 0) is 43.7 Å². The minimum atomic E-state index is -0.487. The number of piperazine rings is 1. The molecule has 0 bridgehead atoms. The molecule has 25 heavy (non-hydrogen) atoms. The van der Waals surface area contributed by atoms with Crippen LogP contribution in [-0.4, -0.2) is 43.1 Å². The number of hydrogen-bond donors (Lipinski definition) is 0. The molecule has 4 nitrogen and oxygen atoms in total. The highest BCUT2D eigenvalue weighted by Crippen LogP contribution is 2.22. The van der Waals surface area contributed by atoms with Gasteiger partial charge < -0.3 is 14.5 Å². The van der Waals surface area contributed by atoms with Gasteiger partial charge in [-0.25, -0.2) is 0 Å². The van der Waals surface area contributed by atoms with Crippen molar-refractivity contribution in [1.29, 1.82) is 0 Å². The molecule has 3 rings (SSSR count). The van der Waals surface area contributed by atoms with E-state index in [-0.39, 0.29) is 5.91 Å². The average molecular weight is 359 g/mol. The zero-order valence-electron chi connectivity index (χ0n) is 14.6. The summed E-state index contributed by atoms with van der Waals surface area (Å²) < 4.78 is 5.87. The lowest BCUT2D eigenvalue weighted by Crippen LogP contribution is -2.52. The third-order valence-electron chi connectivity index (χ3n) is 4.51. The molecular formula is C20H23ClN2O2. The number of amides is 1. The highest BCUT2D eigenvalue weighted by molar-refractivity contribution is 6.30. The fourth-order valence-electron chi connectivity index (χ4n) is 3.04. The number of ether oxygens (including phenoxy) is 1. The summed E-state index contributed by atoms with van der Waals surface area (Å²) in [4.78, 5) is 16.8. The van der Waals surface area contributed by atoms with Crippen molar-refractivity contribution < 1.29 is 9.53 Å². The Kier molecular flexibility index (Phi) is 5.49. The van der Waals surface area contributed by atoms with E-state index in [0.29, 0.717) is 13.1 Å². The summed E-state index contributed by atoms with van der Waals surface area (Å²) >= 11 is 6.07. The second kappa shape index (κ2) is 7.79. The van der Waals surface area contributed by atoms with Gasteiger partial charge in [-0.2, -0.15) is 0 Å². The maximum absolute atomic E-state index is 12.7. The normalized spacial score (nSPS) is 15.8. The quantitative estimate of drug-likeness (QED) is 0.834. The fraction of sp³-hybridized carbons (Fsp3) is 0.350. The van der Waals surface area contributed by atoms with Gasteiger partial charge in [-0.3, -0.25) is 4.79 Å². The molecule has 132 valence electrons. The van der Waals surface area contributed by atoms with Crippen LogP contribution in [0.5, 0.6) is 5.75 Å². The molecule has 0 spiro atoms. The molecule has 5 heteroatoms. The second-order valence-corrected chi connectivity index (χ2v) is 6.75. The van der Waals surface area contributed by atoms with E-state index in [0.717, 1.165) is 35.1 Å². The summed E-state index contributed by atoms with van der Waals surface area (Å²) in [6.45, 7) is 6.76. The zero-order chi connectivity index (χ0) is 17.8. The highest BCUT2D eigenvalue weighted by atomic mass is 35.5. The number of halogens is 1. The Labute approximate surface area is 154 Å². The average Bonchev–Trinajstić information content (AvgIpc) is 2.63. The van der Waals surface area contributed by atoms with Gasteiger partial charge in [-0.1, -0.05) is 35.9 Å². The largest absolute Gasteiger partial charge is 0.481 e.